The fourth-order valence-electron chi connectivity index (χ4n) is 3.82. The minimum atomic E-state index is -2.68. The maximum absolute atomic E-state index is 12.1. The average molecular weight is 410 g/mol. The number of anilines is 1. The Morgan fingerprint density at radius 3 is 1.93 bits per heavy atom. The minimum absolute atomic E-state index is 0.129. The van der Waals surface area contributed by atoms with E-state index in [1.165, 1.54) is 21.0 Å². The minimum Gasteiger partial charge on any atom is -0.406 e. The van der Waals surface area contributed by atoms with Gasteiger partial charge < -0.3 is 10.2 Å². The second-order valence-electron chi connectivity index (χ2n) is 8.03. The van der Waals surface area contributed by atoms with Crippen molar-refractivity contribution in [2.75, 3.05) is 12.3 Å². The van der Waals surface area contributed by atoms with Gasteiger partial charge in [-0.1, -0.05) is 81.4 Å². The van der Waals surface area contributed by atoms with Crippen LogP contribution in [0.1, 0.15) is 20.8 Å². The van der Waals surface area contributed by atoms with Crippen molar-refractivity contribution >= 4 is 24.5 Å². The third kappa shape index (κ3) is 4.11. The monoisotopic (exact) mass is 409 g/mol. The Morgan fingerprint density at radius 2 is 1.48 bits per heavy atom. The summed E-state index contributed by atoms with van der Waals surface area (Å²) >= 11 is 0. The molecule has 0 fully saturated rings. The largest absolute Gasteiger partial charge is 0.406 e. The molecule has 0 amide bonds. The molecule has 7 heteroatoms. The molecule has 0 aliphatic rings. The molecule has 0 spiro atoms. The molecule has 3 N–H and O–H groups in total. The molecule has 3 rings (SSSR count). The predicted molar refractivity (Wildman–Crippen MR) is 119 cm³/mol. The highest BCUT2D eigenvalue weighted by atomic mass is 28.4. The van der Waals surface area contributed by atoms with E-state index >= 15 is 0 Å². The standard InChI is InChI=1S/C22H27N3O3Si/c1-22(2,3)29(17-10-6-4-7-11-17,18-12-8-5-9-13-18)28-15-14-25-19(23)16-20(26)24-21(25)27/h4-13,16H,14-15,23H2,1-3H3,(H,24,26,27). The highest BCUT2D eigenvalue weighted by Gasteiger charge is 2.50. The molecule has 0 aliphatic carbocycles. The maximum Gasteiger partial charge on any atom is 0.329 e. The highest BCUT2D eigenvalue weighted by Crippen LogP contribution is 2.36. The van der Waals surface area contributed by atoms with Crippen LogP contribution in [0, 0.1) is 0 Å². The molecule has 1 aromatic heterocycles. The summed E-state index contributed by atoms with van der Waals surface area (Å²) < 4.78 is 8.07. The van der Waals surface area contributed by atoms with Gasteiger partial charge in [0.15, 0.2) is 0 Å². The van der Waals surface area contributed by atoms with Gasteiger partial charge in [0.25, 0.3) is 13.9 Å². The molecule has 0 aliphatic heterocycles. The van der Waals surface area contributed by atoms with Crippen molar-refractivity contribution in [2.45, 2.75) is 32.4 Å². The molecule has 152 valence electrons. The van der Waals surface area contributed by atoms with Gasteiger partial charge in [0.2, 0.25) is 0 Å². The van der Waals surface area contributed by atoms with Gasteiger partial charge in [0.05, 0.1) is 13.2 Å². The van der Waals surface area contributed by atoms with E-state index in [0.29, 0.717) is 6.61 Å². The topological polar surface area (TPSA) is 90.1 Å². The number of aromatic amines is 1. The Labute approximate surface area is 171 Å². The molecule has 0 saturated heterocycles. The molecule has 0 bridgehead atoms. The van der Waals surface area contributed by atoms with Crippen LogP contribution in [0.5, 0.6) is 0 Å². The normalized spacial score (nSPS) is 12.1. The van der Waals surface area contributed by atoms with E-state index in [4.69, 9.17) is 10.2 Å². The Bertz CT molecular complexity index is 1030. The summed E-state index contributed by atoms with van der Waals surface area (Å²) in [4.78, 5) is 25.8. The molecule has 0 atom stereocenters. The van der Waals surface area contributed by atoms with E-state index in [9.17, 15) is 9.59 Å². The maximum atomic E-state index is 12.1. The lowest BCUT2D eigenvalue weighted by Gasteiger charge is -2.43. The van der Waals surface area contributed by atoms with E-state index in [0.717, 1.165) is 0 Å². The smallest absolute Gasteiger partial charge is 0.329 e. The van der Waals surface area contributed by atoms with Crippen molar-refractivity contribution in [1.82, 2.24) is 9.55 Å². The van der Waals surface area contributed by atoms with Gasteiger partial charge in [-0.3, -0.25) is 14.3 Å². The van der Waals surface area contributed by atoms with Crippen LogP contribution in [0.25, 0.3) is 0 Å². The van der Waals surface area contributed by atoms with Gasteiger partial charge >= 0.3 is 5.69 Å². The van der Waals surface area contributed by atoms with Gasteiger partial charge in [-0.25, -0.2) is 4.79 Å². The highest BCUT2D eigenvalue weighted by molar-refractivity contribution is 6.99. The van der Waals surface area contributed by atoms with E-state index in [1.54, 1.807) is 0 Å². The molecular formula is C22H27N3O3Si. The van der Waals surface area contributed by atoms with Crippen LogP contribution in [-0.2, 0) is 11.0 Å². The van der Waals surface area contributed by atoms with Crippen LogP contribution in [-0.4, -0.2) is 24.5 Å². The Morgan fingerprint density at radius 1 is 0.966 bits per heavy atom. The summed E-state index contributed by atoms with van der Waals surface area (Å²) in [5, 5.41) is 2.18. The first kappa shape index (κ1) is 20.8. The molecule has 0 saturated carbocycles. The fraction of sp³-hybridized carbons (Fsp3) is 0.273. The number of nitrogens with zero attached hydrogens (tertiary/aromatic N) is 1. The van der Waals surface area contributed by atoms with Crippen LogP contribution in [0.4, 0.5) is 5.82 Å². The van der Waals surface area contributed by atoms with Crippen molar-refractivity contribution < 1.29 is 4.43 Å². The molecule has 3 aromatic rings. The number of nitrogens with two attached hydrogens (primary N) is 1. The van der Waals surface area contributed by atoms with Gasteiger partial charge in [0.1, 0.15) is 5.82 Å². The van der Waals surface area contributed by atoms with Crippen LogP contribution >= 0.6 is 0 Å². The van der Waals surface area contributed by atoms with Crippen LogP contribution in [0.2, 0.25) is 5.04 Å². The lowest BCUT2D eigenvalue weighted by Crippen LogP contribution is -2.66. The zero-order chi connectivity index (χ0) is 21.1. The van der Waals surface area contributed by atoms with Crippen molar-refractivity contribution in [2.24, 2.45) is 0 Å². The summed E-state index contributed by atoms with van der Waals surface area (Å²) in [6, 6.07) is 21.8. The second-order valence-corrected chi connectivity index (χ2v) is 12.3. The average Bonchev–Trinajstić information content (AvgIpc) is 2.67. The van der Waals surface area contributed by atoms with E-state index in [-0.39, 0.29) is 17.4 Å². The molecule has 29 heavy (non-hydrogen) atoms. The second kappa shape index (κ2) is 8.22. The van der Waals surface area contributed by atoms with Gasteiger partial charge in [-0.05, 0) is 15.4 Å². The molecule has 0 radical (unpaired) electrons. The number of benzene rings is 2. The third-order valence-electron chi connectivity index (χ3n) is 5.12. The number of H-pyrrole nitrogens is 1. The van der Waals surface area contributed by atoms with Gasteiger partial charge in [0, 0.05) is 6.07 Å². The molecule has 0 unspecified atom stereocenters. The zero-order valence-corrected chi connectivity index (χ0v) is 18.0. The van der Waals surface area contributed by atoms with Crippen LogP contribution in [0.15, 0.2) is 76.3 Å². The summed E-state index contributed by atoms with van der Waals surface area (Å²) in [6.07, 6.45) is 0. The summed E-state index contributed by atoms with van der Waals surface area (Å²) in [6.45, 7) is 7.13. The third-order valence-corrected chi connectivity index (χ3v) is 10.2. The summed E-state index contributed by atoms with van der Waals surface area (Å²) in [5.74, 6) is 0.129. The Kier molecular flexibility index (Phi) is 5.90. The zero-order valence-electron chi connectivity index (χ0n) is 17.0. The quantitative estimate of drug-likeness (QED) is 0.606. The lowest BCUT2D eigenvalue weighted by molar-refractivity contribution is 0.279. The predicted octanol–water partition coefficient (Wildman–Crippen LogP) is 1.70. The van der Waals surface area contributed by atoms with Gasteiger partial charge in [-0.15, -0.1) is 0 Å². The number of nitrogens with one attached hydrogen (secondary N) is 1. The molecule has 6 nitrogen and oxygen atoms in total. The lowest BCUT2D eigenvalue weighted by atomic mass is 10.2. The number of aromatic nitrogens is 2. The number of hydrogen-bond donors (Lipinski definition) is 2. The first-order valence-corrected chi connectivity index (χ1v) is 11.5. The molecule has 2 aromatic carbocycles. The molecular weight excluding hydrogens is 382 g/mol. The summed E-state index contributed by atoms with van der Waals surface area (Å²) in [7, 11) is -2.68. The van der Waals surface area contributed by atoms with Crippen molar-refractivity contribution in [3.05, 3.63) is 87.6 Å². The van der Waals surface area contributed by atoms with E-state index in [2.05, 4.69) is 50.0 Å². The number of rotatable bonds is 6. The first-order valence-electron chi connectivity index (χ1n) is 9.60. The van der Waals surface area contributed by atoms with E-state index < -0.39 is 19.6 Å². The molecule has 1 heterocycles. The number of nitrogen functional groups attached to an aromatic ring is 1. The summed E-state index contributed by atoms with van der Waals surface area (Å²) in [5.41, 5.74) is 4.85. The van der Waals surface area contributed by atoms with Crippen LogP contribution < -0.4 is 27.4 Å². The van der Waals surface area contributed by atoms with E-state index in [1.807, 2.05) is 36.4 Å². The SMILES string of the molecule is CC(C)(C)[Si](OCCn1c(N)cc(=O)[nH]c1=O)(c1ccccc1)c1ccccc1. The fourth-order valence-corrected chi connectivity index (χ4v) is 8.37. The first-order chi connectivity index (χ1) is 13.8. The van der Waals surface area contributed by atoms with Crippen molar-refractivity contribution in [1.29, 1.82) is 0 Å². The number of hydrogen-bond acceptors (Lipinski definition) is 4. The van der Waals surface area contributed by atoms with Gasteiger partial charge in [-0.2, -0.15) is 0 Å². The van der Waals surface area contributed by atoms with Crippen molar-refractivity contribution in [3.63, 3.8) is 0 Å². The Hall–Kier alpha value is -2.90. The Balaban J connectivity index is 2.03. The van der Waals surface area contributed by atoms with Crippen LogP contribution in [0.3, 0.4) is 0 Å². The van der Waals surface area contributed by atoms with Crippen molar-refractivity contribution in [3.8, 4) is 0 Å².